The molecule has 1 saturated heterocycles. The first-order chi connectivity index (χ1) is 8.79. The van der Waals surface area contributed by atoms with Crippen LogP contribution in [0.2, 0.25) is 0 Å². The van der Waals surface area contributed by atoms with Gasteiger partial charge in [-0.2, -0.15) is 0 Å². The van der Waals surface area contributed by atoms with E-state index in [2.05, 4.69) is 11.8 Å². The monoisotopic (exact) mass is 249 g/mol. The predicted molar refractivity (Wildman–Crippen MR) is 66.8 cm³/mol. The van der Waals surface area contributed by atoms with Gasteiger partial charge < -0.3 is 15.2 Å². The van der Waals surface area contributed by atoms with Gasteiger partial charge >= 0.3 is 0 Å². The van der Waals surface area contributed by atoms with E-state index in [1.165, 1.54) is 12.1 Å². The second-order valence-corrected chi connectivity index (χ2v) is 4.08. The number of nitrogens with two attached hydrogens (primary N) is 1. The van der Waals surface area contributed by atoms with Crippen LogP contribution in [0, 0.1) is 17.7 Å². The van der Waals surface area contributed by atoms with Crippen LogP contribution in [-0.4, -0.2) is 25.9 Å². The fourth-order valence-corrected chi connectivity index (χ4v) is 1.82. The summed E-state index contributed by atoms with van der Waals surface area (Å²) in [5, 5.41) is 0. The van der Waals surface area contributed by atoms with Crippen LogP contribution < -0.4 is 10.5 Å². The Morgan fingerprint density at radius 2 is 2.17 bits per heavy atom. The van der Waals surface area contributed by atoms with Crippen LogP contribution in [0.1, 0.15) is 18.4 Å². The van der Waals surface area contributed by atoms with Crippen molar-refractivity contribution in [3.05, 3.63) is 29.6 Å². The molecule has 0 radical (unpaired) electrons. The Hall–Kier alpha value is -1.57. The molecule has 2 N–H and O–H groups in total. The first kappa shape index (κ1) is 12.9. The second-order valence-electron chi connectivity index (χ2n) is 4.08. The molecular formula is C14H16FNO2. The van der Waals surface area contributed by atoms with Crippen LogP contribution in [0.3, 0.4) is 0 Å². The third kappa shape index (κ3) is 3.46. The molecule has 0 aromatic heterocycles. The van der Waals surface area contributed by atoms with Crippen molar-refractivity contribution in [1.29, 1.82) is 0 Å². The molecule has 1 aliphatic rings. The van der Waals surface area contributed by atoms with Gasteiger partial charge in [0.25, 0.3) is 0 Å². The molecule has 0 spiro atoms. The molecule has 4 heteroatoms. The van der Waals surface area contributed by atoms with Crippen molar-refractivity contribution in [3.8, 4) is 17.6 Å². The van der Waals surface area contributed by atoms with Crippen LogP contribution in [0.4, 0.5) is 4.39 Å². The van der Waals surface area contributed by atoms with Gasteiger partial charge in [0.05, 0.1) is 25.3 Å². The largest absolute Gasteiger partial charge is 0.489 e. The van der Waals surface area contributed by atoms with Crippen molar-refractivity contribution in [2.75, 3.05) is 19.8 Å². The van der Waals surface area contributed by atoms with Crippen LogP contribution in [0.15, 0.2) is 18.2 Å². The van der Waals surface area contributed by atoms with Gasteiger partial charge in [-0.3, -0.25) is 0 Å². The second kappa shape index (κ2) is 6.39. The van der Waals surface area contributed by atoms with E-state index in [1.807, 2.05) is 0 Å². The Kier molecular flexibility index (Phi) is 4.57. The van der Waals surface area contributed by atoms with Crippen LogP contribution >= 0.6 is 0 Å². The topological polar surface area (TPSA) is 44.5 Å². The van der Waals surface area contributed by atoms with Gasteiger partial charge in [0.1, 0.15) is 17.7 Å². The molecule has 0 unspecified atom stereocenters. The van der Waals surface area contributed by atoms with Crippen LogP contribution in [-0.2, 0) is 4.74 Å². The number of hydrogen-bond acceptors (Lipinski definition) is 3. The number of hydrogen-bond donors (Lipinski definition) is 1. The van der Waals surface area contributed by atoms with E-state index in [-0.39, 0.29) is 18.5 Å². The molecule has 0 aliphatic carbocycles. The Labute approximate surface area is 106 Å². The van der Waals surface area contributed by atoms with E-state index in [9.17, 15) is 4.39 Å². The molecular weight excluding hydrogens is 233 g/mol. The number of ether oxygens (including phenoxy) is 2. The first-order valence-corrected chi connectivity index (χ1v) is 6.02. The van der Waals surface area contributed by atoms with Crippen molar-refractivity contribution >= 4 is 0 Å². The zero-order valence-electron chi connectivity index (χ0n) is 10.1. The summed E-state index contributed by atoms with van der Waals surface area (Å²) in [5.41, 5.74) is 6.01. The van der Waals surface area contributed by atoms with E-state index in [0.717, 1.165) is 12.8 Å². The Morgan fingerprint density at radius 1 is 1.39 bits per heavy atom. The van der Waals surface area contributed by atoms with Gasteiger partial charge in [-0.15, -0.1) is 0 Å². The van der Waals surface area contributed by atoms with E-state index >= 15 is 0 Å². The number of rotatable bonds is 2. The van der Waals surface area contributed by atoms with Gasteiger partial charge in [0.2, 0.25) is 0 Å². The highest BCUT2D eigenvalue weighted by Crippen LogP contribution is 2.23. The molecule has 18 heavy (non-hydrogen) atoms. The Morgan fingerprint density at radius 3 is 2.89 bits per heavy atom. The molecule has 0 saturated carbocycles. The Balaban J connectivity index is 2.15. The minimum Gasteiger partial charge on any atom is -0.489 e. The molecule has 1 fully saturated rings. The fourth-order valence-electron chi connectivity index (χ4n) is 1.82. The molecule has 1 aliphatic heterocycles. The van der Waals surface area contributed by atoms with Crippen molar-refractivity contribution in [3.63, 3.8) is 0 Å². The summed E-state index contributed by atoms with van der Waals surface area (Å²) in [6.45, 7) is 1.64. The lowest BCUT2D eigenvalue weighted by Gasteiger charge is -2.23. The average Bonchev–Trinajstić information content (AvgIpc) is 2.39. The molecule has 3 nitrogen and oxygen atoms in total. The van der Waals surface area contributed by atoms with Gasteiger partial charge in [-0.05, 0) is 12.1 Å². The number of benzene rings is 1. The van der Waals surface area contributed by atoms with E-state index in [4.69, 9.17) is 15.2 Å². The summed E-state index contributed by atoms with van der Waals surface area (Å²) in [6.07, 6.45) is 1.71. The standard InChI is InChI=1S/C14H16FNO2/c15-12-4-3-11(2-1-7-16)14(10-12)18-13-5-8-17-9-6-13/h3-4,10,13H,5-9,16H2. The minimum atomic E-state index is -0.324. The zero-order chi connectivity index (χ0) is 12.8. The maximum absolute atomic E-state index is 13.2. The van der Waals surface area contributed by atoms with Crippen molar-refractivity contribution < 1.29 is 13.9 Å². The summed E-state index contributed by atoms with van der Waals surface area (Å²) in [7, 11) is 0. The summed E-state index contributed by atoms with van der Waals surface area (Å²) < 4.78 is 24.3. The summed E-state index contributed by atoms with van der Waals surface area (Å²) in [5.74, 6) is 5.81. The van der Waals surface area contributed by atoms with Gasteiger partial charge in [0, 0.05) is 18.9 Å². The highest BCUT2D eigenvalue weighted by Gasteiger charge is 2.16. The first-order valence-electron chi connectivity index (χ1n) is 6.02. The molecule has 96 valence electrons. The molecule has 2 rings (SSSR count). The normalized spacial score (nSPS) is 15.9. The van der Waals surface area contributed by atoms with Crippen molar-refractivity contribution in [2.45, 2.75) is 18.9 Å². The third-order valence-electron chi connectivity index (χ3n) is 2.73. The smallest absolute Gasteiger partial charge is 0.138 e. The van der Waals surface area contributed by atoms with Crippen molar-refractivity contribution in [2.24, 2.45) is 5.73 Å². The van der Waals surface area contributed by atoms with Crippen LogP contribution in [0.5, 0.6) is 5.75 Å². The predicted octanol–water partition coefficient (Wildman–Crippen LogP) is 1.69. The SMILES string of the molecule is NCC#Cc1ccc(F)cc1OC1CCOCC1. The lowest BCUT2D eigenvalue weighted by atomic mass is 10.1. The lowest BCUT2D eigenvalue weighted by molar-refractivity contribution is 0.0253. The minimum absolute atomic E-state index is 0.0685. The molecule has 0 atom stereocenters. The maximum Gasteiger partial charge on any atom is 0.138 e. The molecule has 0 amide bonds. The quantitative estimate of drug-likeness (QED) is 0.811. The summed E-state index contributed by atoms with van der Waals surface area (Å²) in [6, 6.07) is 4.36. The number of halogens is 1. The summed E-state index contributed by atoms with van der Waals surface area (Å²) >= 11 is 0. The molecule has 1 heterocycles. The van der Waals surface area contributed by atoms with E-state index < -0.39 is 0 Å². The highest BCUT2D eigenvalue weighted by molar-refractivity contribution is 5.46. The Bertz CT molecular complexity index is 459. The van der Waals surface area contributed by atoms with Gasteiger partial charge in [-0.25, -0.2) is 4.39 Å². The average molecular weight is 249 g/mol. The van der Waals surface area contributed by atoms with Gasteiger partial charge in [-0.1, -0.05) is 11.8 Å². The van der Waals surface area contributed by atoms with Crippen molar-refractivity contribution in [1.82, 2.24) is 0 Å². The zero-order valence-corrected chi connectivity index (χ0v) is 10.1. The molecule has 1 aromatic rings. The highest BCUT2D eigenvalue weighted by atomic mass is 19.1. The van der Waals surface area contributed by atoms with E-state index in [1.54, 1.807) is 6.07 Å². The summed E-state index contributed by atoms with van der Waals surface area (Å²) in [4.78, 5) is 0. The van der Waals surface area contributed by atoms with E-state index in [0.29, 0.717) is 24.5 Å². The van der Waals surface area contributed by atoms with Crippen LogP contribution in [0.25, 0.3) is 0 Å². The van der Waals surface area contributed by atoms with Gasteiger partial charge in [0.15, 0.2) is 0 Å². The third-order valence-corrected chi connectivity index (χ3v) is 2.73. The fraction of sp³-hybridized carbons (Fsp3) is 0.429. The lowest BCUT2D eigenvalue weighted by Crippen LogP contribution is -2.26. The maximum atomic E-state index is 13.2. The molecule has 0 bridgehead atoms. The molecule has 1 aromatic carbocycles.